The Balaban J connectivity index is 2.04. The van der Waals surface area contributed by atoms with Crippen molar-refractivity contribution in [2.75, 3.05) is 0 Å². The Morgan fingerprint density at radius 1 is 1.35 bits per heavy atom. The zero-order chi connectivity index (χ0) is 12.3. The molecule has 0 saturated carbocycles. The van der Waals surface area contributed by atoms with Crippen LogP contribution in [0.1, 0.15) is 17.2 Å². The molecule has 0 aliphatic heterocycles. The lowest BCUT2D eigenvalue weighted by Gasteiger charge is -2.04. The van der Waals surface area contributed by atoms with Gasteiger partial charge >= 0.3 is 0 Å². The lowest BCUT2D eigenvalue weighted by atomic mass is 10.2. The number of aromatic nitrogens is 3. The predicted molar refractivity (Wildman–Crippen MR) is 69.6 cm³/mol. The molecule has 5 heteroatoms. The lowest BCUT2D eigenvalue weighted by Crippen LogP contribution is -1.98. The highest BCUT2D eigenvalue weighted by Gasteiger charge is 2.05. The van der Waals surface area contributed by atoms with Crippen molar-refractivity contribution in [3.8, 4) is 0 Å². The Bertz CT molecular complexity index is 507. The molecule has 0 saturated heterocycles. The molecule has 90 valence electrons. The highest BCUT2D eigenvalue weighted by molar-refractivity contribution is 7.98. The van der Waals surface area contributed by atoms with Gasteiger partial charge in [-0.15, -0.1) is 22.0 Å². The van der Waals surface area contributed by atoms with Crippen LogP contribution in [-0.2, 0) is 19.3 Å². The van der Waals surface area contributed by atoms with Gasteiger partial charge in [0.05, 0.1) is 5.75 Å². The zero-order valence-electron chi connectivity index (χ0n) is 10.1. The fourth-order valence-corrected chi connectivity index (χ4v) is 2.44. The van der Waals surface area contributed by atoms with Crippen molar-refractivity contribution in [2.24, 2.45) is 12.8 Å². The van der Waals surface area contributed by atoms with Gasteiger partial charge in [0.1, 0.15) is 11.6 Å². The second-order valence-electron chi connectivity index (χ2n) is 3.86. The van der Waals surface area contributed by atoms with Crippen LogP contribution in [0.2, 0.25) is 0 Å². The maximum absolute atomic E-state index is 5.62. The topological polar surface area (TPSA) is 56.7 Å². The molecule has 0 spiro atoms. The minimum Gasteiger partial charge on any atom is -0.326 e. The van der Waals surface area contributed by atoms with Gasteiger partial charge in [-0.3, -0.25) is 0 Å². The monoisotopic (exact) mass is 248 g/mol. The molecule has 2 rings (SSSR count). The van der Waals surface area contributed by atoms with Gasteiger partial charge in [-0.25, -0.2) is 0 Å². The second-order valence-corrected chi connectivity index (χ2v) is 4.91. The Hall–Kier alpha value is -1.33. The molecule has 1 heterocycles. The molecule has 0 bridgehead atoms. The number of thioether (sulfide) groups is 1. The molecule has 0 radical (unpaired) electrons. The van der Waals surface area contributed by atoms with E-state index in [1.54, 1.807) is 11.8 Å². The SMILES string of the molecule is Cc1nnc(CSc2cccc(CN)c2)n1C. The molecule has 4 nitrogen and oxygen atoms in total. The number of aryl methyl sites for hydroxylation is 1. The third kappa shape index (κ3) is 2.87. The van der Waals surface area contributed by atoms with Crippen molar-refractivity contribution < 1.29 is 0 Å². The summed E-state index contributed by atoms with van der Waals surface area (Å²) < 4.78 is 2.01. The van der Waals surface area contributed by atoms with Gasteiger partial charge in [0.2, 0.25) is 0 Å². The van der Waals surface area contributed by atoms with E-state index in [-0.39, 0.29) is 0 Å². The third-order valence-corrected chi connectivity index (χ3v) is 3.67. The van der Waals surface area contributed by atoms with E-state index < -0.39 is 0 Å². The smallest absolute Gasteiger partial charge is 0.143 e. The Morgan fingerprint density at radius 3 is 2.82 bits per heavy atom. The van der Waals surface area contributed by atoms with E-state index in [9.17, 15) is 0 Å². The van der Waals surface area contributed by atoms with Crippen molar-refractivity contribution in [3.05, 3.63) is 41.5 Å². The van der Waals surface area contributed by atoms with Crippen molar-refractivity contribution in [1.82, 2.24) is 14.8 Å². The summed E-state index contributed by atoms with van der Waals surface area (Å²) in [6.07, 6.45) is 0. The standard InChI is InChI=1S/C12H16N4S/c1-9-14-15-12(16(9)2)8-17-11-5-3-4-10(6-11)7-13/h3-6H,7-8,13H2,1-2H3. The van der Waals surface area contributed by atoms with Gasteiger partial charge in [0.25, 0.3) is 0 Å². The highest BCUT2D eigenvalue weighted by Crippen LogP contribution is 2.22. The molecule has 0 aliphatic carbocycles. The molecule has 2 aromatic rings. The van der Waals surface area contributed by atoms with E-state index in [4.69, 9.17) is 5.73 Å². The minimum atomic E-state index is 0.581. The van der Waals surface area contributed by atoms with Gasteiger partial charge in [-0.1, -0.05) is 12.1 Å². The molecular formula is C12H16N4S. The fourth-order valence-electron chi connectivity index (χ4n) is 1.49. The van der Waals surface area contributed by atoms with Crippen LogP contribution in [-0.4, -0.2) is 14.8 Å². The van der Waals surface area contributed by atoms with Crippen molar-refractivity contribution in [2.45, 2.75) is 24.1 Å². The molecule has 0 amide bonds. The van der Waals surface area contributed by atoms with Gasteiger partial charge < -0.3 is 10.3 Å². The van der Waals surface area contributed by atoms with E-state index in [1.165, 1.54) is 4.90 Å². The van der Waals surface area contributed by atoms with E-state index in [0.29, 0.717) is 6.54 Å². The highest BCUT2D eigenvalue weighted by atomic mass is 32.2. The number of benzene rings is 1. The Labute approximate surface area is 105 Å². The Morgan fingerprint density at radius 2 is 2.18 bits per heavy atom. The number of nitrogens with zero attached hydrogens (tertiary/aromatic N) is 3. The first-order valence-corrected chi connectivity index (χ1v) is 6.46. The largest absolute Gasteiger partial charge is 0.326 e. The summed E-state index contributed by atoms with van der Waals surface area (Å²) in [6.45, 7) is 2.54. The van der Waals surface area contributed by atoms with E-state index in [2.05, 4.69) is 22.3 Å². The van der Waals surface area contributed by atoms with Crippen LogP contribution in [0.4, 0.5) is 0 Å². The van der Waals surface area contributed by atoms with E-state index in [0.717, 1.165) is 23.0 Å². The molecule has 17 heavy (non-hydrogen) atoms. The summed E-state index contributed by atoms with van der Waals surface area (Å²) in [5.41, 5.74) is 6.77. The first kappa shape index (κ1) is 12.1. The lowest BCUT2D eigenvalue weighted by molar-refractivity contribution is 0.817. The number of nitrogens with two attached hydrogens (primary N) is 1. The minimum absolute atomic E-state index is 0.581. The third-order valence-electron chi connectivity index (χ3n) is 2.68. The zero-order valence-corrected chi connectivity index (χ0v) is 10.9. The Kier molecular flexibility index (Phi) is 3.81. The molecule has 0 aliphatic rings. The van der Waals surface area contributed by atoms with Crippen LogP contribution in [0.3, 0.4) is 0 Å². The normalized spacial score (nSPS) is 10.8. The van der Waals surface area contributed by atoms with E-state index >= 15 is 0 Å². The second kappa shape index (κ2) is 5.33. The van der Waals surface area contributed by atoms with Gasteiger partial charge in [0.15, 0.2) is 0 Å². The summed E-state index contributed by atoms with van der Waals surface area (Å²) in [5.74, 6) is 2.76. The van der Waals surface area contributed by atoms with Crippen LogP contribution in [0, 0.1) is 6.92 Å². The average molecular weight is 248 g/mol. The molecule has 2 N–H and O–H groups in total. The maximum Gasteiger partial charge on any atom is 0.143 e. The van der Waals surface area contributed by atoms with Crippen LogP contribution in [0.15, 0.2) is 29.2 Å². The van der Waals surface area contributed by atoms with Gasteiger partial charge in [0, 0.05) is 18.5 Å². The van der Waals surface area contributed by atoms with Crippen LogP contribution < -0.4 is 5.73 Å². The first-order chi connectivity index (χ1) is 8.20. The van der Waals surface area contributed by atoms with Crippen molar-refractivity contribution >= 4 is 11.8 Å². The average Bonchev–Trinajstić information content (AvgIpc) is 2.68. The summed E-state index contributed by atoms with van der Waals surface area (Å²) in [4.78, 5) is 1.22. The summed E-state index contributed by atoms with van der Waals surface area (Å²) in [5, 5.41) is 8.18. The molecule has 1 aromatic heterocycles. The summed E-state index contributed by atoms with van der Waals surface area (Å²) in [7, 11) is 1.99. The molecule has 0 atom stereocenters. The van der Waals surface area contributed by atoms with E-state index in [1.807, 2.05) is 30.7 Å². The quantitative estimate of drug-likeness (QED) is 0.839. The molecule has 1 aromatic carbocycles. The fraction of sp³-hybridized carbons (Fsp3) is 0.333. The van der Waals surface area contributed by atoms with Crippen molar-refractivity contribution in [3.63, 3.8) is 0 Å². The van der Waals surface area contributed by atoms with Crippen molar-refractivity contribution in [1.29, 1.82) is 0 Å². The number of hydrogen-bond donors (Lipinski definition) is 1. The molecular weight excluding hydrogens is 232 g/mol. The van der Waals surface area contributed by atoms with Crippen LogP contribution >= 0.6 is 11.8 Å². The summed E-state index contributed by atoms with van der Waals surface area (Å²) in [6, 6.07) is 8.28. The number of hydrogen-bond acceptors (Lipinski definition) is 4. The maximum atomic E-state index is 5.62. The van der Waals surface area contributed by atoms with Crippen LogP contribution in [0.5, 0.6) is 0 Å². The van der Waals surface area contributed by atoms with Crippen LogP contribution in [0.25, 0.3) is 0 Å². The number of rotatable bonds is 4. The molecule has 0 fully saturated rings. The molecule has 0 unspecified atom stereocenters. The summed E-state index contributed by atoms with van der Waals surface area (Å²) >= 11 is 1.75. The van der Waals surface area contributed by atoms with Gasteiger partial charge in [-0.05, 0) is 24.6 Å². The van der Waals surface area contributed by atoms with Gasteiger partial charge in [-0.2, -0.15) is 0 Å². The predicted octanol–water partition coefficient (Wildman–Crippen LogP) is 1.87. The first-order valence-electron chi connectivity index (χ1n) is 5.47.